The number of aliphatic hydroxyl groups excluding tert-OH is 1. The second kappa shape index (κ2) is 4.53. The first kappa shape index (κ1) is 11.1. The van der Waals surface area contributed by atoms with Gasteiger partial charge in [-0.3, -0.25) is 4.98 Å². The van der Waals surface area contributed by atoms with Crippen LogP contribution in [0.1, 0.15) is 25.1 Å². The maximum Gasteiger partial charge on any atom is 0.0607 e. The molecule has 0 aliphatic carbocycles. The van der Waals surface area contributed by atoms with Crippen LogP contribution in [0.5, 0.6) is 0 Å². The van der Waals surface area contributed by atoms with E-state index in [1.54, 1.807) is 0 Å². The van der Waals surface area contributed by atoms with Gasteiger partial charge in [0.05, 0.1) is 12.3 Å². The van der Waals surface area contributed by atoms with Crippen molar-refractivity contribution in [1.82, 2.24) is 10.3 Å². The maximum absolute atomic E-state index is 9.03. The molecule has 3 heteroatoms. The topological polar surface area (TPSA) is 45.1 Å². The number of nitrogens with one attached hydrogen (secondary N) is 1. The van der Waals surface area contributed by atoms with Crippen molar-refractivity contribution in [2.24, 2.45) is 0 Å². The molecule has 0 spiro atoms. The van der Waals surface area contributed by atoms with Crippen molar-refractivity contribution in [3.05, 3.63) is 29.6 Å². The van der Waals surface area contributed by atoms with Crippen LogP contribution in [-0.4, -0.2) is 22.2 Å². The molecule has 14 heavy (non-hydrogen) atoms. The molecule has 1 heterocycles. The number of aromatic nitrogens is 1. The Balaban J connectivity index is 2.50. The predicted octanol–water partition coefficient (Wildman–Crippen LogP) is 1.25. The van der Waals surface area contributed by atoms with E-state index in [1.165, 1.54) is 0 Å². The van der Waals surface area contributed by atoms with Crippen molar-refractivity contribution in [2.75, 3.05) is 6.61 Å². The van der Waals surface area contributed by atoms with Gasteiger partial charge in [0.25, 0.3) is 0 Å². The van der Waals surface area contributed by atoms with E-state index in [0.29, 0.717) is 6.54 Å². The van der Waals surface area contributed by atoms with Gasteiger partial charge in [-0.1, -0.05) is 6.07 Å². The highest BCUT2D eigenvalue weighted by Crippen LogP contribution is 2.03. The first-order valence-corrected chi connectivity index (χ1v) is 4.81. The quantitative estimate of drug-likeness (QED) is 0.758. The van der Waals surface area contributed by atoms with Crippen LogP contribution in [0, 0.1) is 6.92 Å². The minimum absolute atomic E-state index is 0.124. The van der Waals surface area contributed by atoms with Crippen molar-refractivity contribution in [2.45, 2.75) is 32.9 Å². The van der Waals surface area contributed by atoms with E-state index in [-0.39, 0.29) is 12.1 Å². The fourth-order valence-corrected chi connectivity index (χ4v) is 0.989. The van der Waals surface area contributed by atoms with E-state index in [2.05, 4.69) is 10.3 Å². The molecule has 1 aromatic heterocycles. The summed E-state index contributed by atoms with van der Waals surface area (Å²) >= 11 is 0. The predicted molar refractivity (Wildman–Crippen MR) is 57.0 cm³/mol. The van der Waals surface area contributed by atoms with E-state index in [1.807, 2.05) is 39.1 Å². The lowest BCUT2D eigenvalue weighted by atomic mass is 10.1. The van der Waals surface area contributed by atoms with Crippen molar-refractivity contribution in [1.29, 1.82) is 0 Å². The van der Waals surface area contributed by atoms with Crippen LogP contribution >= 0.6 is 0 Å². The SMILES string of the molecule is Cc1ccc(CNC(C)(C)CO)nc1. The van der Waals surface area contributed by atoms with Crippen LogP contribution in [-0.2, 0) is 6.54 Å². The summed E-state index contributed by atoms with van der Waals surface area (Å²) in [6, 6.07) is 4.03. The summed E-state index contributed by atoms with van der Waals surface area (Å²) in [7, 11) is 0. The molecule has 0 amide bonds. The summed E-state index contributed by atoms with van der Waals surface area (Å²) in [4.78, 5) is 4.27. The summed E-state index contributed by atoms with van der Waals surface area (Å²) in [5, 5.41) is 12.3. The Morgan fingerprint density at radius 1 is 1.43 bits per heavy atom. The lowest BCUT2D eigenvalue weighted by Gasteiger charge is -2.23. The van der Waals surface area contributed by atoms with Crippen LogP contribution in [0.25, 0.3) is 0 Å². The fraction of sp³-hybridized carbons (Fsp3) is 0.545. The highest BCUT2D eigenvalue weighted by molar-refractivity contribution is 5.12. The smallest absolute Gasteiger partial charge is 0.0607 e. The van der Waals surface area contributed by atoms with Gasteiger partial charge in [0.15, 0.2) is 0 Å². The highest BCUT2D eigenvalue weighted by Gasteiger charge is 2.14. The van der Waals surface area contributed by atoms with Crippen molar-refractivity contribution < 1.29 is 5.11 Å². The standard InChI is InChI=1S/C11H18N2O/c1-9-4-5-10(12-6-9)7-13-11(2,3)8-14/h4-6,13-14H,7-8H2,1-3H3. The molecule has 0 saturated heterocycles. The third-order valence-electron chi connectivity index (χ3n) is 2.12. The number of aryl methyl sites for hydroxylation is 1. The number of aliphatic hydroxyl groups is 1. The summed E-state index contributed by atoms with van der Waals surface area (Å²) in [6.45, 7) is 6.75. The molecule has 0 aromatic carbocycles. The summed E-state index contributed by atoms with van der Waals surface area (Å²) < 4.78 is 0. The molecular formula is C11H18N2O. The molecule has 0 fully saturated rings. The van der Waals surface area contributed by atoms with Gasteiger partial charge in [-0.25, -0.2) is 0 Å². The van der Waals surface area contributed by atoms with E-state index in [0.717, 1.165) is 11.3 Å². The van der Waals surface area contributed by atoms with Crippen molar-refractivity contribution in [3.8, 4) is 0 Å². The van der Waals surface area contributed by atoms with E-state index >= 15 is 0 Å². The molecule has 0 aliphatic heterocycles. The van der Waals surface area contributed by atoms with Gasteiger partial charge in [-0.2, -0.15) is 0 Å². The molecule has 0 unspecified atom stereocenters. The van der Waals surface area contributed by atoms with Gasteiger partial charge in [0.1, 0.15) is 0 Å². The second-order valence-corrected chi connectivity index (χ2v) is 4.22. The van der Waals surface area contributed by atoms with Crippen LogP contribution in [0.4, 0.5) is 0 Å². The Kier molecular flexibility index (Phi) is 3.61. The van der Waals surface area contributed by atoms with E-state index in [4.69, 9.17) is 5.11 Å². The van der Waals surface area contributed by atoms with Crippen LogP contribution in [0.15, 0.2) is 18.3 Å². The van der Waals surface area contributed by atoms with Crippen LogP contribution < -0.4 is 5.32 Å². The van der Waals surface area contributed by atoms with E-state index < -0.39 is 0 Å². The third kappa shape index (κ3) is 3.44. The van der Waals surface area contributed by atoms with Crippen LogP contribution in [0.2, 0.25) is 0 Å². The van der Waals surface area contributed by atoms with Gasteiger partial charge in [-0.05, 0) is 32.4 Å². The van der Waals surface area contributed by atoms with Gasteiger partial charge in [0, 0.05) is 18.3 Å². The Bertz CT molecular complexity index is 280. The minimum atomic E-state index is -0.243. The molecular weight excluding hydrogens is 176 g/mol. The molecule has 1 rings (SSSR count). The summed E-state index contributed by atoms with van der Waals surface area (Å²) in [6.07, 6.45) is 1.85. The molecule has 0 saturated carbocycles. The molecule has 78 valence electrons. The number of nitrogens with zero attached hydrogens (tertiary/aromatic N) is 1. The third-order valence-corrected chi connectivity index (χ3v) is 2.12. The van der Waals surface area contributed by atoms with Gasteiger partial charge in [-0.15, -0.1) is 0 Å². The van der Waals surface area contributed by atoms with Gasteiger partial charge in [0.2, 0.25) is 0 Å². The Hall–Kier alpha value is -0.930. The summed E-state index contributed by atoms with van der Waals surface area (Å²) in [5.74, 6) is 0. The monoisotopic (exact) mass is 194 g/mol. The fourth-order valence-electron chi connectivity index (χ4n) is 0.989. The average Bonchev–Trinajstić information content (AvgIpc) is 2.17. The normalized spacial score (nSPS) is 11.7. The second-order valence-electron chi connectivity index (χ2n) is 4.22. The summed E-state index contributed by atoms with van der Waals surface area (Å²) in [5.41, 5.74) is 1.92. The zero-order valence-corrected chi connectivity index (χ0v) is 9.04. The molecule has 1 aromatic rings. The Morgan fingerprint density at radius 3 is 2.64 bits per heavy atom. The first-order valence-electron chi connectivity index (χ1n) is 4.81. The van der Waals surface area contributed by atoms with E-state index in [9.17, 15) is 0 Å². The zero-order valence-electron chi connectivity index (χ0n) is 9.04. The first-order chi connectivity index (χ1) is 6.53. The zero-order chi connectivity index (χ0) is 10.6. The van der Waals surface area contributed by atoms with Crippen molar-refractivity contribution >= 4 is 0 Å². The van der Waals surface area contributed by atoms with Gasteiger partial charge >= 0.3 is 0 Å². The number of hydrogen-bond donors (Lipinski definition) is 2. The number of pyridine rings is 1. The maximum atomic E-state index is 9.03. The van der Waals surface area contributed by atoms with Crippen LogP contribution in [0.3, 0.4) is 0 Å². The number of hydrogen-bond acceptors (Lipinski definition) is 3. The molecule has 0 radical (unpaired) electrons. The minimum Gasteiger partial charge on any atom is -0.394 e. The molecule has 0 atom stereocenters. The molecule has 2 N–H and O–H groups in total. The van der Waals surface area contributed by atoms with Gasteiger partial charge < -0.3 is 10.4 Å². The number of rotatable bonds is 4. The Labute approximate surface area is 85.2 Å². The molecule has 3 nitrogen and oxygen atoms in total. The van der Waals surface area contributed by atoms with Crippen molar-refractivity contribution in [3.63, 3.8) is 0 Å². The Morgan fingerprint density at radius 2 is 2.14 bits per heavy atom. The lowest BCUT2D eigenvalue weighted by Crippen LogP contribution is -2.42. The molecule has 0 bridgehead atoms. The average molecular weight is 194 g/mol. The highest BCUT2D eigenvalue weighted by atomic mass is 16.3. The lowest BCUT2D eigenvalue weighted by molar-refractivity contribution is 0.187. The molecule has 0 aliphatic rings. The largest absolute Gasteiger partial charge is 0.394 e.